The van der Waals surface area contributed by atoms with Crippen LogP contribution in [0.4, 0.5) is 5.69 Å². The summed E-state index contributed by atoms with van der Waals surface area (Å²) in [5.41, 5.74) is 9.11. The molecule has 0 aliphatic carbocycles. The SMILES string of the molecule is CCC(C)C(=O)Oc1cc2c(cc1N)CCN(C)CC2.Cl. The summed E-state index contributed by atoms with van der Waals surface area (Å²) >= 11 is 0. The van der Waals surface area contributed by atoms with Gasteiger partial charge in [-0.25, -0.2) is 0 Å². The number of fused-ring (bicyclic) bond motifs is 1. The van der Waals surface area contributed by atoms with Crippen molar-refractivity contribution in [3.05, 3.63) is 23.3 Å². The van der Waals surface area contributed by atoms with E-state index in [0.29, 0.717) is 11.4 Å². The molecule has 4 nitrogen and oxygen atoms in total. The average molecular weight is 313 g/mol. The van der Waals surface area contributed by atoms with Crippen molar-refractivity contribution in [2.45, 2.75) is 33.1 Å². The van der Waals surface area contributed by atoms with Crippen molar-refractivity contribution >= 4 is 24.1 Å². The number of halogens is 1. The molecule has 1 aromatic rings. The van der Waals surface area contributed by atoms with Crippen LogP contribution in [0.3, 0.4) is 0 Å². The lowest BCUT2D eigenvalue weighted by Crippen LogP contribution is -2.20. The third-order valence-electron chi connectivity index (χ3n) is 4.08. The fraction of sp³-hybridized carbons (Fsp3) is 0.562. The molecule has 0 fully saturated rings. The first-order chi connectivity index (χ1) is 9.51. The number of nitrogen functional groups attached to an aromatic ring is 1. The number of hydrogen-bond acceptors (Lipinski definition) is 4. The van der Waals surface area contributed by atoms with Gasteiger partial charge in [-0.1, -0.05) is 13.8 Å². The first-order valence-electron chi connectivity index (χ1n) is 7.32. The number of likely N-dealkylation sites (N-methyl/N-ethyl adjacent to an activating group) is 1. The van der Waals surface area contributed by atoms with Crippen LogP contribution in [0.5, 0.6) is 5.75 Å². The Balaban J connectivity index is 0.00000220. The molecule has 0 bridgehead atoms. The van der Waals surface area contributed by atoms with Gasteiger partial charge in [0.2, 0.25) is 0 Å². The molecule has 1 atom stereocenters. The van der Waals surface area contributed by atoms with Crippen LogP contribution in [0.15, 0.2) is 12.1 Å². The Kier molecular flexibility index (Phi) is 6.49. The summed E-state index contributed by atoms with van der Waals surface area (Å²) in [6, 6.07) is 3.91. The van der Waals surface area contributed by atoms with Crippen molar-refractivity contribution < 1.29 is 9.53 Å². The van der Waals surface area contributed by atoms with E-state index in [9.17, 15) is 4.79 Å². The maximum atomic E-state index is 11.9. The van der Waals surface area contributed by atoms with Gasteiger partial charge in [-0.15, -0.1) is 12.4 Å². The van der Waals surface area contributed by atoms with E-state index >= 15 is 0 Å². The van der Waals surface area contributed by atoms with Crippen molar-refractivity contribution in [2.75, 3.05) is 25.9 Å². The zero-order valence-corrected chi connectivity index (χ0v) is 13.8. The Hall–Kier alpha value is -1.26. The average Bonchev–Trinajstić information content (AvgIpc) is 2.61. The maximum Gasteiger partial charge on any atom is 0.314 e. The minimum absolute atomic E-state index is 0. The van der Waals surface area contributed by atoms with E-state index in [0.717, 1.165) is 32.4 Å². The second kappa shape index (κ2) is 7.66. The summed E-state index contributed by atoms with van der Waals surface area (Å²) in [4.78, 5) is 14.2. The van der Waals surface area contributed by atoms with Gasteiger partial charge in [0.1, 0.15) is 0 Å². The minimum atomic E-state index is -0.204. The highest BCUT2D eigenvalue weighted by atomic mass is 35.5. The van der Waals surface area contributed by atoms with Crippen LogP contribution in [0.25, 0.3) is 0 Å². The van der Waals surface area contributed by atoms with Crippen LogP contribution in [-0.4, -0.2) is 31.0 Å². The largest absolute Gasteiger partial charge is 0.424 e. The van der Waals surface area contributed by atoms with Crippen molar-refractivity contribution in [3.8, 4) is 5.75 Å². The van der Waals surface area contributed by atoms with Crippen LogP contribution in [0.2, 0.25) is 0 Å². The van der Waals surface area contributed by atoms with Crippen molar-refractivity contribution in [3.63, 3.8) is 0 Å². The number of esters is 1. The Morgan fingerprint density at radius 2 is 1.90 bits per heavy atom. The van der Waals surface area contributed by atoms with Gasteiger partial charge in [-0.3, -0.25) is 4.79 Å². The predicted molar refractivity (Wildman–Crippen MR) is 88.1 cm³/mol. The second-order valence-electron chi connectivity index (χ2n) is 5.69. The van der Waals surface area contributed by atoms with Gasteiger partial charge in [0.25, 0.3) is 0 Å². The Bertz CT molecular complexity index is 505. The molecule has 0 saturated carbocycles. The summed E-state index contributed by atoms with van der Waals surface area (Å²) in [7, 11) is 2.12. The Labute approximate surface area is 133 Å². The lowest BCUT2D eigenvalue weighted by molar-refractivity contribution is -0.138. The summed E-state index contributed by atoms with van der Waals surface area (Å²) in [5.74, 6) is 0.211. The Morgan fingerprint density at radius 3 is 2.48 bits per heavy atom. The molecule has 1 aliphatic rings. The fourth-order valence-corrected chi connectivity index (χ4v) is 2.35. The van der Waals surface area contributed by atoms with Gasteiger partial charge in [-0.05, 0) is 49.6 Å². The molecule has 2 N–H and O–H groups in total. The molecule has 118 valence electrons. The number of carbonyl (C=O) groups is 1. The lowest BCUT2D eigenvalue weighted by atomic mass is 10.0. The first kappa shape index (κ1) is 17.8. The molecular formula is C16H25ClN2O2. The van der Waals surface area contributed by atoms with Gasteiger partial charge >= 0.3 is 5.97 Å². The molecule has 0 radical (unpaired) electrons. The van der Waals surface area contributed by atoms with Crippen LogP contribution in [0, 0.1) is 5.92 Å². The number of hydrogen-bond donors (Lipinski definition) is 1. The van der Waals surface area contributed by atoms with E-state index in [1.807, 2.05) is 26.0 Å². The van der Waals surface area contributed by atoms with E-state index < -0.39 is 0 Å². The standard InChI is InChI=1S/C16H24N2O2.ClH/c1-4-11(2)16(19)20-15-10-13-6-8-18(3)7-5-12(13)9-14(15)17;/h9-11H,4-8,17H2,1-3H3;1H. The van der Waals surface area contributed by atoms with Gasteiger partial charge < -0.3 is 15.4 Å². The van der Waals surface area contributed by atoms with E-state index in [-0.39, 0.29) is 24.3 Å². The number of nitrogens with two attached hydrogens (primary N) is 1. The lowest BCUT2D eigenvalue weighted by Gasteiger charge is -2.14. The fourth-order valence-electron chi connectivity index (χ4n) is 2.35. The molecular weight excluding hydrogens is 288 g/mol. The van der Waals surface area contributed by atoms with Crippen LogP contribution in [-0.2, 0) is 17.6 Å². The van der Waals surface area contributed by atoms with Crippen molar-refractivity contribution in [2.24, 2.45) is 5.92 Å². The first-order valence-corrected chi connectivity index (χ1v) is 7.32. The van der Waals surface area contributed by atoms with Gasteiger partial charge in [0, 0.05) is 13.1 Å². The van der Waals surface area contributed by atoms with Gasteiger partial charge in [-0.2, -0.15) is 0 Å². The summed E-state index contributed by atoms with van der Waals surface area (Å²) < 4.78 is 5.45. The zero-order chi connectivity index (χ0) is 14.7. The van der Waals surface area contributed by atoms with E-state index in [1.165, 1.54) is 11.1 Å². The molecule has 2 rings (SSSR count). The molecule has 0 spiro atoms. The van der Waals surface area contributed by atoms with Crippen molar-refractivity contribution in [1.29, 1.82) is 0 Å². The molecule has 1 aliphatic heterocycles. The summed E-state index contributed by atoms with van der Waals surface area (Å²) in [6.45, 7) is 5.91. The molecule has 21 heavy (non-hydrogen) atoms. The van der Waals surface area contributed by atoms with E-state index in [4.69, 9.17) is 10.5 Å². The predicted octanol–water partition coefficient (Wildman–Crippen LogP) is 2.67. The molecule has 0 saturated heterocycles. The monoisotopic (exact) mass is 312 g/mol. The van der Waals surface area contributed by atoms with Gasteiger partial charge in [0.05, 0.1) is 11.6 Å². The molecule has 1 heterocycles. The molecule has 1 unspecified atom stereocenters. The molecule has 0 aromatic heterocycles. The van der Waals surface area contributed by atoms with E-state index in [1.54, 1.807) is 0 Å². The molecule has 5 heteroatoms. The van der Waals surface area contributed by atoms with Crippen molar-refractivity contribution in [1.82, 2.24) is 4.90 Å². The third kappa shape index (κ3) is 4.35. The highest BCUT2D eigenvalue weighted by Gasteiger charge is 2.18. The second-order valence-corrected chi connectivity index (χ2v) is 5.69. The number of nitrogens with zero attached hydrogens (tertiary/aromatic N) is 1. The summed E-state index contributed by atoms with van der Waals surface area (Å²) in [6.07, 6.45) is 2.74. The normalized spacial score (nSPS) is 16.3. The van der Waals surface area contributed by atoms with Crippen LogP contribution in [0.1, 0.15) is 31.4 Å². The van der Waals surface area contributed by atoms with E-state index in [2.05, 4.69) is 11.9 Å². The topological polar surface area (TPSA) is 55.6 Å². The quantitative estimate of drug-likeness (QED) is 0.529. The van der Waals surface area contributed by atoms with Crippen LogP contribution < -0.4 is 10.5 Å². The number of benzene rings is 1. The highest BCUT2D eigenvalue weighted by Crippen LogP contribution is 2.29. The van der Waals surface area contributed by atoms with Crippen LogP contribution >= 0.6 is 12.4 Å². The number of ether oxygens (including phenoxy) is 1. The minimum Gasteiger partial charge on any atom is -0.424 e. The number of carbonyl (C=O) groups excluding carboxylic acids is 1. The maximum absolute atomic E-state index is 11.9. The molecule has 0 amide bonds. The molecule has 1 aromatic carbocycles. The smallest absolute Gasteiger partial charge is 0.314 e. The Morgan fingerprint density at radius 1 is 1.33 bits per heavy atom. The zero-order valence-electron chi connectivity index (χ0n) is 13.0. The third-order valence-corrected chi connectivity index (χ3v) is 4.08. The summed E-state index contributed by atoms with van der Waals surface area (Å²) in [5, 5.41) is 0. The number of anilines is 1. The highest BCUT2D eigenvalue weighted by molar-refractivity contribution is 5.85. The van der Waals surface area contributed by atoms with Gasteiger partial charge in [0.15, 0.2) is 5.75 Å². The number of rotatable bonds is 3.